The van der Waals surface area contributed by atoms with Gasteiger partial charge in [0.2, 0.25) is 0 Å². The van der Waals surface area contributed by atoms with Crippen LogP contribution in [-0.4, -0.2) is 39.6 Å². The van der Waals surface area contributed by atoms with Gasteiger partial charge in [-0.1, -0.05) is 0 Å². The topological polar surface area (TPSA) is 32.7 Å². The second-order valence-corrected chi connectivity index (χ2v) is 11.3. The summed E-state index contributed by atoms with van der Waals surface area (Å²) in [6.45, 7) is 20.9. The van der Waals surface area contributed by atoms with E-state index in [2.05, 4.69) is 66.6 Å². The van der Waals surface area contributed by atoms with Gasteiger partial charge >= 0.3 is 119 Å². The molecule has 0 bridgehead atoms. The Kier molecular flexibility index (Phi) is 6.69. The molecule has 116 valence electrons. The maximum absolute atomic E-state index is 11.8. The summed E-state index contributed by atoms with van der Waals surface area (Å²) < 4.78 is 8.38. The summed E-state index contributed by atoms with van der Waals surface area (Å²) in [6, 6.07) is 0.467. The summed E-state index contributed by atoms with van der Waals surface area (Å²) in [4.78, 5) is 11.8. The van der Waals surface area contributed by atoms with E-state index < -0.39 is 7.21 Å². The Balaban J connectivity index is 6.02. The van der Waals surface area contributed by atoms with Crippen molar-refractivity contribution in [2.24, 2.45) is 0 Å². The van der Waals surface area contributed by atoms with Crippen molar-refractivity contribution in [1.29, 1.82) is 0 Å². The van der Waals surface area contributed by atoms with Gasteiger partial charge in [-0.25, -0.2) is 0 Å². The Morgan fingerprint density at radius 2 is 1.37 bits per heavy atom. The van der Waals surface area contributed by atoms with Gasteiger partial charge in [-0.05, 0) is 0 Å². The molecule has 0 radical (unpaired) electrons. The van der Waals surface area contributed by atoms with Crippen molar-refractivity contribution < 1.29 is 9.42 Å². The van der Waals surface area contributed by atoms with Crippen LogP contribution in [0.5, 0.6) is 0 Å². The zero-order chi connectivity index (χ0) is 15.5. The van der Waals surface area contributed by atoms with Crippen molar-refractivity contribution in [3.05, 3.63) is 12.7 Å². The Morgan fingerprint density at radius 3 is 1.58 bits per heavy atom. The van der Waals surface area contributed by atoms with Gasteiger partial charge in [0.05, 0.1) is 0 Å². The second kappa shape index (κ2) is 6.67. The minimum absolute atomic E-state index is 0.0655. The van der Waals surface area contributed by atoms with Crippen molar-refractivity contribution in [2.45, 2.75) is 78.8 Å². The van der Waals surface area contributed by atoms with Crippen LogP contribution in [0.3, 0.4) is 0 Å². The molecule has 0 aliphatic rings. The van der Waals surface area contributed by atoms with Crippen LogP contribution in [0.1, 0.15) is 55.4 Å². The molecule has 0 atom stereocenters. The fraction of sp³-hybridized carbons (Fsp3) is 0.867. The third kappa shape index (κ3) is 3.21. The van der Waals surface area contributed by atoms with E-state index in [1.807, 2.05) is 0 Å². The van der Waals surface area contributed by atoms with E-state index in [0.29, 0.717) is 6.61 Å². The SMILES string of the molecule is C=CCOP(O)(C(C)C)(C(C)C)N(C(C)C)C(C)C. The molecule has 4 heteroatoms. The molecule has 0 aliphatic carbocycles. The van der Waals surface area contributed by atoms with E-state index in [1.165, 1.54) is 0 Å². The number of hydrogen-bond donors (Lipinski definition) is 1. The molecule has 0 aromatic heterocycles. The first-order valence-electron chi connectivity index (χ1n) is 7.34. The van der Waals surface area contributed by atoms with E-state index in [0.717, 1.165) is 0 Å². The first-order chi connectivity index (χ1) is 8.53. The zero-order valence-corrected chi connectivity index (χ0v) is 14.9. The minimum atomic E-state index is -3.46. The molecule has 0 aromatic rings. The average Bonchev–Trinajstić information content (AvgIpc) is 2.24. The third-order valence-corrected chi connectivity index (χ3v) is 10.3. The molecule has 0 fully saturated rings. The zero-order valence-electron chi connectivity index (χ0n) is 14.1. The van der Waals surface area contributed by atoms with Gasteiger partial charge in [-0.2, -0.15) is 0 Å². The summed E-state index contributed by atoms with van der Waals surface area (Å²) >= 11 is 0. The molecular formula is C15H34NO2P. The van der Waals surface area contributed by atoms with Crippen molar-refractivity contribution in [3.63, 3.8) is 0 Å². The van der Waals surface area contributed by atoms with Crippen LogP contribution >= 0.6 is 7.21 Å². The average molecular weight is 291 g/mol. The van der Waals surface area contributed by atoms with Crippen LogP contribution < -0.4 is 0 Å². The Bertz CT molecular complexity index is 285. The van der Waals surface area contributed by atoms with Crippen molar-refractivity contribution in [2.75, 3.05) is 6.61 Å². The van der Waals surface area contributed by atoms with Crippen LogP contribution in [0.15, 0.2) is 12.7 Å². The summed E-state index contributed by atoms with van der Waals surface area (Å²) in [5, 5.41) is 0. The molecule has 0 aromatic carbocycles. The Hall–Kier alpha value is 0.0500. The molecule has 0 saturated carbocycles. The van der Waals surface area contributed by atoms with Crippen LogP contribution in [0.4, 0.5) is 0 Å². The third-order valence-electron chi connectivity index (χ3n) is 3.92. The molecule has 19 heavy (non-hydrogen) atoms. The predicted molar refractivity (Wildman–Crippen MR) is 87.7 cm³/mol. The molecule has 0 unspecified atom stereocenters. The van der Waals surface area contributed by atoms with E-state index in [4.69, 9.17) is 4.52 Å². The van der Waals surface area contributed by atoms with Gasteiger partial charge in [-0.15, -0.1) is 0 Å². The standard InChI is InChI=1S/C15H34NO2P/c1-10-11-18-19(17,14(6)7,15(8)9)16(12(2)3)13(4)5/h10,12-15,17H,1,11H2,2-9H3. The quantitative estimate of drug-likeness (QED) is 0.531. The van der Waals surface area contributed by atoms with Gasteiger partial charge in [0.25, 0.3) is 0 Å². The van der Waals surface area contributed by atoms with Gasteiger partial charge in [0.15, 0.2) is 0 Å². The molecule has 0 rings (SSSR count). The fourth-order valence-corrected chi connectivity index (χ4v) is 8.48. The molecule has 0 heterocycles. The Morgan fingerprint density at radius 1 is 1.00 bits per heavy atom. The van der Waals surface area contributed by atoms with E-state index in [-0.39, 0.29) is 23.4 Å². The first kappa shape index (κ1) is 19.1. The molecule has 0 aliphatic heterocycles. The Labute approximate surface area is 120 Å². The normalized spacial score (nSPS) is 15.6. The van der Waals surface area contributed by atoms with Crippen LogP contribution in [0, 0.1) is 0 Å². The van der Waals surface area contributed by atoms with Crippen LogP contribution in [-0.2, 0) is 4.52 Å². The number of hydrogen-bond acceptors (Lipinski definition) is 3. The molecule has 0 spiro atoms. The van der Waals surface area contributed by atoms with Gasteiger partial charge < -0.3 is 0 Å². The summed E-state index contributed by atoms with van der Waals surface area (Å²) in [7, 11) is -3.46. The summed E-state index contributed by atoms with van der Waals surface area (Å²) in [5.41, 5.74) is 0.131. The van der Waals surface area contributed by atoms with E-state index in [1.54, 1.807) is 6.08 Å². The fourth-order valence-electron chi connectivity index (χ4n) is 3.22. The van der Waals surface area contributed by atoms with Gasteiger partial charge in [0, 0.05) is 0 Å². The molecule has 0 saturated heterocycles. The van der Waals surface area contributed by atoms with E-state index in [9.17, 15) is 4.89 Å². The molecule has 3 nitrogen and oxygen atoms in total. The first-order valence-corrected chi connectivity index (χ1v) is 9.54. The summed E-state index contributed by atoms with van der Waals surface area (Å²) in [5.74, 6) is 0. The molecule has 0 amide bonds. The van der Waals surface area contributed by atoms with Gasteiger partial charge in [-0.3, -0.25) is 0 Å². The summed E-state index contributed by atoms with van der Waals surface area (Å²) in [6.07, 6.45) is 1.72. The monoisotopic (exact) mass is 291 g/mol. The van der Waals surface area contributed by atoms with Crippen molar-refractivity contribution >= 4 is 7.21 Å². The van der Waals surface area contributed by atoms with Crippen LogP contribution in [0.2, 0.25) is 0 Å². The van der Waals surface area contributed by atoms with Crippen LogP contribution in [0.25, 0.3) is 0 Å². The van der Waals surface area contributed by atoms with E-state index >= 15 is 0 Å². The molecular weight excluding hydrogens is 257 g/mol. The van der Waals surface area contributed by atoms with Crippen molar-refractivity contribution in [1.82, 2.24) is 4.67 Å². The number of nitrogens with zero attached hydrogens (tertiary/aromatic N) is 1. The number of rotatable bonds is 8. The maximum atomic E-state index is 11.8. The predicted octanol–water partition coefficient (Wildman–Crippen LogP) is 4.42. The van der Waals surface area contributed by atoms with Gasteiger partial charge in [0.1, 0.15) is 0 Å². The molecule has 1 N–H and O–H groups in total. The second-order valence-electron chi connectivity index (χ2n) is 6.41. The van der Waals surface area contributed by atoms with Crippen molar-refractivity contribution in [3.8, 4) is 0 Å².